The fourth-order valence-corrected chi connectivity index (χ4v) is 7.62. The lowest BCUT2D eigenvalue weighted by Gasteiger charge is -2.21. The highest BCUT2D eigenvalue weighted by atomic mass is 16.3. The minimum Gasteiger partial charge on any atom is -0.393 e. The van der Waals surface area contributed by atoms with Gasteiger partial charge in [-0.05, 0) is 32.1 Å². The van der Waals surface area contributed by atoms with Gasteiger partial charge in [-0.1, -0.05) is 251 Å². The molecule has 2 nitrogen and oxygen atoms in total. The van der Waals surface area contributed by atoms with Gasteiger partial charge in [0.15, 0.2) is 0 Å². The molecule has 0 aliphatic carbocycles. The summed E-state index contributed by atoms with van der Waals surface area (Å²) in [6.07, 6.45) is 51.3. The van der Waals surface area contributed by atoms with E-state index < -0.39 is 0 Å². The molecule has 2 heteroatoms. The molecule has 3 unspecified atom stereocenters. The van der Waals surface area contributed by atoms with Crippen LogP contribution in [0.4, 0.5) is 0 Å². The standard InChI is InChI=1S/C46H92O2/c1-5-7-8-9-10-11-12-13-14-16-19-22-25-28-31-34-37-40-44(6-2)46(48)42-39-36-33-30-27-24-21-18-15-17-20-23-26-29-32-35-38-41-45(47)43(3)4/h44-48H,3,5-42H2,1-2,4H3. The van der Waals surface area contributed by atoms with Crippen molar-refractivity contribution in [3.8, 4) is 0 Å². The average molecular weight is 677 g/mol. The van der Waals surface area contributed by atoms with Crippen LogP contribution in [0.5, 0.6) is 0 Å². The summed E-state index contributed by atoms with van der Waals surface area (Å²) in [5.41, 5.74) is 0.906. The summed E-state index contributed by atoms with van der Waals surface area (Å²) in [5, 5.41) is 20.6. The molecule has 0 saturated heterocycles. The Balaban J connectivity index is 3.37. The van der Waals surface area contributed by atoms with Gasteiger partial charge in [-0.25, -0.2) is 0 Å². The Morgan fingerprint density at radius 3 is 0.896 bits per heavy atom. The van der Waals surface area contributed by atoms with Gasteiger partial charge in [-0.15, -0.1) is 0 Å². The smallest absolute Gasteiger partial charge is 0.0744 e. The van der Waals surface area contributed by atoms with Crippen LogP contribution in [0.15, 0.2) is 12.2 Å². The summed E-state index contributed by atoms with van der Waals surface area (Å²) in [6.45, 7) is 10.3. The van der Waals surface area contributed by atoms with Gasteiger partial charge in [0, 0.05) is 0 Å². The van der Waals surface area contributed by atoms with Crippen LogP contribution in [0.25, 0.3) is 0 Å². The lowest BCUT2D eigenvalue weighted by Crippen LogP contribution is -2.19. The molecule has 2 N–H and O–H groups in total. The molecule has 0 bridgehead atoms. The number of aliphatic hydroxyl groups is 2. The van der Waals surface area contributed by atoms with E-state index in [1.165, 1.54) is 218 Å². The van der Waals surface area contributed by atoms with Gasteiger partial charge in [-0.3, -0.25) is 0 Å². The van der Waals surface area contributed by atoms with E-state index in [1.807, 2.05) is 6.92 Å². The zero-order chi connectivity index (χ0) is 35.2. The lowest BCUT2D eigenvalue weighted by molar-refractivity contribution is 0.0872. The zero-order valence-electron chi connectivity index (χ0n) is 33.7. The lowest BCUT2D eigenvalue weighted by atomic mass is 9.89. The SMILES string of the molecule is C=C(C)C(O)CCCCCCCCCCCCCCCCCCCC(O)C(CC)CCCCCCCCCCCCCCCCCCC. The van der Waals surface area contributed by atoms with E-state index in [0.29, 0.717) is 5.92 Å². The summed E-state index contributed by atoms with van der Waals surface area (Å²) in [4.78, 5) is 0. The molecule has 0 aromatic carbocycles. The monoisotopic (exact) mass is 677 g/mol. The van der Waals surface area contributed by atoms with Crippen molar-refractivity contribution in [2.24, 2.45) is 5.92 Å². The molecule has 0 fully saturated rings. The second-order valence-corrected chi connectivity index (χ2v) is 16.1. The predicted molar refractivity (Wildman–Crippen MR) is 217 cm³/mol. The Morgan fingerprint density at radius 1 is 0.375 bits per heavy atom. The van der Waals surface area contributed by atoms with Crippen LogP contribution < -0.4 is 0 Å². The molecule has 0 rings (SSSR count). The summed E-state index contributed by atoms with van der Waals surface area (Å²) in [7, 11) is 0. The topological polar surface area (TPSA) is 40.5 Å². The van der Waals surface area contributed by atoms with Gasteiger partial charge in [0.05, 0.1) is 12.2 Å². The van der Waals surface area contributed by atoms with Gasteiger partial charge in [0.25, 0.3) is 0 Å². The van der Waals surface area contributed by atoms with Crippen molar-refractivity contribution in [3.63, 3.8) is 0 Å². The molecule has 0 saturated carbocycles. The Morgan fingerprint density at radius 2 is 0.625 bits per heavy atom. The van der Waals surface area contributed by atoms with E-state index in [-0.39, 0.29) is 12.2 Å². The molecule has 3 atom stereocenters. The van der Waals surface area contributed by atoms with Crippen molar-refractivity contribution < 1.29 is 10.2 Å². The van der Waals surface area contributed by atoms with Crippen molar-refractivity contribution >= 4 is 0 Å². The highest BCUT2D eigenvalue weighted by Gasteiger charge is 2.16. The normalized spacial score (nSPS) is 13.6. The number of aliphatic hydroxyl groups excluding tert-OH is 2. The molecule has 0 heterocycles. The van der Waals surface area contributed by atoms with Crippen LogP contribution in [0.1, 0.15) is 265 Å². The van der Waals surface area contributed by atoms with Crippen molar-refractivity contribution in [1.29, 1.82) is 0 Å². The zero-order valence-corrected chi connectivity index (χ0v) is 33.7. The van der Waals surface area contributed by atoms with Crippen molar-refractivity contribution in [2.45, 2.75) is 277 Å². The van der Waals surface area contributed by atoms with Gasteiger partial charge in [0.1, 0.15) is 0 Å². The quantitative estimate of drug-likeness (QED) is 0.0500. The number of rotatable bonds is 41. The molecule has 288 valence electrons. The largest absolute Gasteiger partial charge is 0.393 e. The Hall–Kier alpha value is -0.340. The second kappa shape index (κ2) is 39.4. The molecule has 0 aliphatic heterocycles. The maximum atomic E-state index is 10.8. The summed E-state index contributed by atoms with van der Waals surface area (Å²) in [6, 6.07) is 0. The van der Waals surface area contributed by atoms with Crippen LogP contribution in [-0.4, -0.2) is 22.4 Å². The first-order valence-corrected chi connectivity index (χ1v) is 22.5. The molecule has 48 heavy (non-hydrogen) atoms. The Kier molecular flexibility index (Phi) is 39.2. The van der Waals surface area contributed by atoms with Crippen molar-refractivity contribution in [1.82, 2.24) is 0 Å². The molecule has 0 aliphatic rings. The highest BCUT2D eigenvalue weighted by molar-refractivity contribution is 4.96. The second-order valence-electron chi connectivity index (χ2n) is 16.1. The van der Waals surface area contributed by atoms with E-state index in [9.17, 15) is 10.2 Å². The van der Waals surface area contributed by atoms with Crippen molar-refractivity contribution in [3.05, 3.63) is 12.2 Å². The third-order valence-corrected chi connectivity index (χ3v) is 11.3. The molecule has 0 radical (unpaired) electrons. The minimum absolute atomic E-state index is 0.0668. The Bertz CT molecular complexity index is 615. The first-order valence-electron chi connectivity index (χ1n) is 22.5. The molecular formula is C46H92O2. The van der Waals surface area contributed by atoms with Gasteiger partial charge in [-0.2, -0.15) is 0 Å². The van der Waals surface area contributed by atoms with Gasteiger partial charge in [0.2, 0.25) is 0 Å². The first kappa shape index (κ1) is 47.7. The van der Waals surface area contributed by atoms with Crippen LogP contribution in [0.2, 0.25) is 0 Å². The minimum atomic E-state index is -0.290. The molecular weight excluding hydrogens is 585 g/mol. The van der Waals surface area contributed by atoms with Crippen molar-refractivity contribution in [2.75, 3.05) is 0 Å². The summed E-state index contributed by atoms with van der Waals surface area (Å²) < 4.78 is 0. The number of hydrogen-bond donors (Lipinski definition) is 2. The van der Waals surface area contributed by atoms with E-state index in [1.54, 1.807) is 0 Å². The highest BCUT2D eigenvalue weighted by Crippen LogP contribution is 2.23. The molecule has 0 aromatic heterocycles. The summed E-state index contributed by atoms with van der Waals surface area (Å²) in [5.74, 6) is 0.527. The van der Waals surface area contributed by atoms with E-state index >= 15 is 0 Å². The summed E-state index contributed by atoms with van der Waals surface area (Å²) >= 11 is 0. The van der Waals surface area contributed by atoms with E-state index in [4.69, 9.17) is 0 Å². The van der Waals surface area contributed by atoms with Gasteiger partial charge >= 0.3 is 0 Å². The van der Waals surface area contributed by atoms with Gasteiger partial charge < -0.3 is 10.2 Å². The van der Waals surface area contributed by atoms with Crippen LogP contribution >= 0.6 is 0 Å². The number of unbranched alkanes of at least 4 members (excludes halogenated alkanes) is 32. The third kappa shape index (κ3) is 35.5. The van der Waals surface area contributed by atoms with Crippen LogP contribution in [-0.2, 0) is 0 Å². The van der Waals surface area contributed by atoms with Crippen LogP contribution in [0, 0.1) is 5.92 Å². The Labute approximate surface area is 304 Å². The maximum absolute atomic E-state index is 10.8. The molecule has 0 spiro atoms. The fourth-order valence-electron chi connectivity index (χ4n) is 7.62. The van der Waals surface area contributed by atoms with E-state index in [0.717, 1.165) is 31.3 Å². The van der Waals surface area contributed by atoms with E-state index in [2.05, 4.69) is 20.4 Å². The molecule has 0 amide bonds. The first-order chi connectivity index (χ1) is 23.5. The predicted octanol–water partition coefficient (Wildman–Crippen LogP) is 15.8. The van der Waals surface area contributed by atoms with Crippen LogP contribution in [0.3, 0.4) is 0 Å². The maximum Gasteiger partial charge on any atom is 0.0744 e. The molecule has 0 aromatic rings. The number of hydrogen-bond acceptors (Lipinski definition) is 2. The fraction of sp³-hybridized carbons (Fsp3) is 0.957. The average Bonchev–Trinajstić information content (AvgIpc) is 3.08. The third-order valence-electron chi connectivity index (χ3n) is 11.3.